The van der Waals surface area contributed by atoms with Crippen molar-refractivity contribution in [1.29, 1.82) is 0 Å². The number of piperidine rings is 1. The van der Waals surface area contributed by atoms with Gasteiger partial charge < -0.3 is 9.80 Å². The molecule has 0 radical (unpaired) electrons. The quantitative estimate of drug-likeness (QED) is 0.763. The third-order valence-electron chi connectivity index (χ3n) is 5.27. The summed E-state index contributed by atoms with van der Waals surface area (Å²) in [6, 6.07) is 10.9. The molecule has 26 heavy (non-hydrogen) atoms. The van der Waals surface area contributed by atoms with Crippen molar-refractivity contribution < 1.29 is 9.42 Å². The van der Waals surface area contributed by atoms with E-state index in [1.165, 1.54) is 5.56 Å². The molecule has 6 nitrogen and oxygen atoms in total. The fourth-order valence-corrected chi connectivity index (χ4v) is 3.58. The first-order valence-electron chi connectivity index (χ1n) is 9.43. The Labute approximate surface area is 155 Å². The van der Waals surface area contributed by atoms with Crippen LogP contribution in [-0.2, 0) is 17.6 Å². The number of benzene rings is 1. The minimum Gasteiger partial charge on any atom is -0.341 e. The lowest BCUT2D eigenvalue weighted by Gasteiger charge is -2.37. The van der Waals surface area contributed by atoms with Gasteiger partial charge in [0.15, 0.2) is 0 Å². The molecular weight excluding hydrogens is 328 g/mol. The highest BCUT2D eigenvalue weighted by Crippen LogP contribution is 2.17. The molecule has 0 bridgehead atoms. The summed E-state index contributed by atoms with van der Waals surface area (Å²) in [5.41, 5.74) is 2.72. The van der Waals surface area contributed by atoms with Gasteiger partial charge in [-0.1, -0.05) is 40.6 Å². The Morgan fingerprint density at radius 1 is 1.31 bits per heavy atom. The van der Waals surface area contributed by atoms with Crippen LogP contribution < -0.4 is 0 Å². The molecular formula is C20H28N4O2. The van der Waals surface area contributed by atoms with E-state index in [1.54, 1.807) is 0 Å². The Morgan fingerprint density at radius 2 is 2.12 bits per heavy atom. The van der Waals surface area contributed by atoms with E-state index in [9.17, 15) is 4.79 Å². The Bertz CT molecular complexity index is 701. The van der Waals surface area contributed by atoms with Crippen LogP contribution in [-0.4, -0.2) is 58.7 Å². The van der Waals surface area contributed by atoms with Gasteiger partial charge in [-0.25, -0.2) is 4.63 Å². The lowest BCUT2D eigenvalue weighted by Crippen LogP contribution is -2.49. The van der Waals surface area contributed by atoms with Gasteiger partial charge in [-0.15, -0.1) is 0 Å². The van der Waals surface area contributed by atoms with E-state index >= 15 is 0 Å². The van der Waals surface area contributed by atoms with E-state index in [0.29, 0.717) is 11.4 Å². The molecule has 140 valence electrons. The van der Waals surface area contributed by atoms with Crippen LogP contribution in [0.5, 0.6) is 0 Å². The number of hydrogen-bond acceptors (Lipinski definition) is 5. The summed E-state index contributed by atoms with van der Waals surface area (Å²) in [7, 11) is 1.91. The first-order valence-corrected chi connectivity index (χ1v) is 9.43. The largest absolute Gasteiger partial charge is 0.341 e. The number of hydrogen-bond donors (Lipinski definition) is 0. The molecule has 0 N–H and O–H groups in total. The van der Waals surface area contributed by atoms with Gasteiger partial charge in [0.05, 0.1) is 6.42 Å². The number of nitrogens with zero attached hydrogens (tertiary/aromatic N) is 4. The number of aryl methyl sites for hydroxylation is 2. The molecule has 1 amide bonds. The molecule has 1 saturated heterocycles. The number of rotatable bonds is 7. The smallest absolute Gasteiger partial charge is 0.228 e. The zero-order chi connectivity index (χ0) is 18.4. The molecule has 6 heteroatoms. The van der Waals surface area contributed by atoms with Crippen molar-refractivity contribution >= 4 is 5.91 Å². The second-order valence-electron chi connectivity index (χ2n) is 7.16. The summed E-state index contributed by atoms with van der Waals surface area (Å²) in [4.78, 5) is 16.9. The van der Waals surface area contributed by atoms with E-state index < -0.39 is 0 Å². The predicted octanol–water partition coefficient (Wildman–Crippen LogP) is 2.48. The molecule has 0 aliphatic carbocycles. The SMILES string of the molecule is Cc1nonc1CC(=O)N(C)[C@@H]1CCCN(CCCc2ccccc2)C1. The van der Waals surface area contributed by atoms with Crippen LogP contribution >= 0.6 is 0 Å². The molecule has 1 aromatic heterocycles. The number of aromatic nitrogens is 2. The van der Waals surface area contributed by atoms with E-state index in [1.807, 2.05) is 18.9 Å². The Morgan fingerprint density at radius 3 is 2.85 bits per heavy atom. The summed E-state index contributed by atoms with van der Waals surface area (Å²) < 4.78 is 4.69. The monoisotopic (exact) mass is 356 g/mol. The maximum atomic E-state index is 12.6. The van der Waals surface area contributed by atoms with Crippen LogP contribution in [0.25, 0.3) is 0 Å². The van der Waals surface area contributed by atoms with Crippen molar-refractivity contribution in [2.45, 2.75) is 45.1 Å². The van der Waals surface area contributed by atoms with Gasteiger partial charge in [0, 0.05) is 19.6 Å². The standard InChI is InChI=1S/C20H28N4O2/c1-16-19(22-26-21-16)14-20(25)23(2)18-11-7-13-24(15-18)12-6-10-17-8-4-3-5-9-17/h3-5,8-9,18H,6-7,10-15H2,1-2H3/t18-/m1/s1. The summed E-state index contributed by atoms with van der Waals surface area (Å²) in [6.45, 7) is 4.97. The molecule has 1 aliphatic rings. The van der Waals surface area contributed by atoms with Crippen molar-refractivity contribution in [2.75, 3.05) is 26.7 Å². The molecule has 1 aliphatic heterocycles. The number of likely N-dealkylation sites (N-methyl/N-ethyl adjacent to an activating group) is 1. The second-order valence-corrected chi connectivity index (χ2v) is 7.16. The van der Waals surface area contributed by atoms with E-state index in [-0.39, 0.29) is 18.4 Å². The van der Waals surface area contributed by atoms with Crippen molar-refractivity contribution in [3.05, 3.63) is 47.3 Å². The van der Waals surface area contributed by atoms with Crippen molar-refractivity contribution in [2.24, 2.45) is 0 Å². The second kappa shape index (κ2) is 8.94. The zero-order valence-corrected chi connectivity index (χ0v) is 15.7. The molecule has 2 heterocycles. The maximum Gasteiger partial charge on any atom is 0.228 e. The minimum absolute atomic E-state index is 0.0833. The third kappa shape index (κ3) is 4.91. The summed E-state index contributed by atoms with van der Waals surface area (Å²) >= 11 is 0. The number of likely N-dealkylation sites (tertiary alicyclic amines) is 1. The lowest BCUT2D eigenvalue weighted by molar-refractivity contribution is -0.132. The van der Waals surface area contributed by atoms with Crippen molar-refractivity contribution in [3.8, 4) is 0 Å². The van der Waals surface area contributed by atoms with E-state index in [4.69, 9.17) is 4.63 Å². The van der Waals surface area contributed by atoms with Crippen molar-refractivity contribution in [3.63, 3.8) is 0 Å². The molecule has 3 rings (SSSR count). The predicted molar refractivity (Wildman–Crippen MR) is 99.7 cm³/mol. The van der Waals surface area contributed by atoms with Gasteiger partial charge in [0.1, 0.15) is 11.4 Å². The van der Waals surface area contributed by atoms with Crippen LogP contribution in [0, 0.1) is 6.92 Å². The van der Waals surface area contributed by atoms with Gasteiger partial charge >= 0.3 is 0 Å². The topological polar surface area (TPSA) is 62.5 Å². The highest BCUT2D eigenvalue weighted by Gasteiger charge is 2.26. The fourth-order valence-electron chi connectivity index (χ4n) is 3.58. The van der Waals surface area contributed by atoms with Gasteiger partial charge in [-0.2, -0.15) is 0 Å². The van der Waals surface area contributed by atoms with Crippen LogP contribution in [0.15, 0.2) is 35.0 Å². The average Bonchev–Trinajstić information content (AvgIpc) is 3.07. The van der Waals surface area contributed by atoms with Gasteiger partial charge in [0.25, 0.3) is 0 Å². The molecule has 1 atom stereocenters. The zero-order valence-electron chi connectivity index (χ0n) is 15.7. The average molecular weight is 356 g/mol. The Balaban J connectivity index is 1.46. The summed E-state index contributed by atoms with van der Waals surface area (Å²) in [6.07, 6.45) is 4.72. The summed E-state index contributed by atoms with van der Waals surface area (Å²) in [5.74, 6) is 0.0833. The van der Waals surface area contributed by atoms with Crippen LogP contribution in [0.3, 0.4) is 0 Å². The first-order chi connectivity index (χ1) is 12.6. The molecule has 0 saturated carbocycles. The van der Waals surface area contributed by atoms with E-state index in [0.717, 1.165) is 45.3 Å². The lowest BCUT2D eigenvalue weighted by atomic mass is 10.0. The number of carbonyl (C=O) groups excluding carboxylic acids is 1. The molecule has 2 aromatic rings. The van der Waals surface area contributed by atoms with Crippen LogP contribution in [0.2, 0.25) is 0 Å². The maximum absolute atomic E-state index is 12.6. The third-order valence-corrected chi connectivity index (χ3v) is 5.27. The highest BCUT2D eigenvalue weighted by atomic mass is 16.6. The molecule has 1 fully saturated rings. The van der Waals surface area contributed by atoms with Crippen LogP contribution in [0.4, 0.5) is 0 Å². The van der Waals surface area contributed by atoms with Gasteiger partial charge in [0.2, 0.25) is 5.91 Å². The summed E-state index contributed by atoms with van der Waals surface area (Å²) in [5, 5.41) is 7.57. The number of amides is 1. The fraction of sp³-hybridized carbons (Fsp3) is 0.550. The molecule has 1 aromatic carbocycles. The Hall–Kier alpha value is -2.21. The molecule has 0 unspecified atom stereocenters. The van der Waals surface area contributed by atoms with Crippen molar-refractivity contribution in [1.82, 2.24) is 20.1 Å². The van der Waals surface area contributed by atoms with Gasteiger partial charge in [-0.3, -0.25) is 4.79 Å². The highest BCUT2D eigenvalue weighted by molar-refractivity contribution is 5.78. The van der Waals surface area contributed by atoms with Gasteiger partial charge in [-0.05, 0) is 51.3 Å². The van der Waals surface area contributed by atoms with Crippen LogP contribution in [0.1, 0.15) is 36.2 Å². The number of carbonyl (C=O) groups is 1. The Kier molecular flexibility index (Phi) is 6.39. The first kappa shape index (κ1) is 18.6. The minimum atomic E-state index is 0.0833. The van der Waals surface area contributed by atoms with E-state index in [2.05, 4.69) is 45.5 Å². The molecule has 0 spiro atoms. The normalized spacial score (nSPS) is 18.0.